The topological polar surface area (TPSA) is 52.3 Å². The number of hydrogen-bond acceptors (Lipinski definition) is 3. The molecule has 0 rings (SSSR count). The molecule has 0 saturated heterocycles. The summed E-state index contributed by atoms with van der Waals surface area (Å²) < 4.78 is 4.55. The normalized spacial score (nSPS) is 11.3. The monoisotopic (exact) mass is 173 g/mol. The van der Waals surface area contributed by atoms with Crippen molar-refractivity contribution in [2.75, 3.05) is 13.7 Å². The van der Waals surface area contributed by atoms with E-state index in [1.165, 1.54) is 7.11 Å². The van der Waals surface area contributed by atoms with Gasteiger partial charge in [0.2, 0.25) is 0 Å². The summed E-state index contributed by atoms with van der Waals surface area (Å²) in [5, 5.41) is 0. The second-order valence-corrected chi connectivity index (χ2v) is 3.78. The predicted octanol–water partition coefficient (Wildman–Crippen LogP) is 1.31. The average molecular weight is 173 g/mol. The molecule has 0 saturated carbocycles. The first kappa shape index (κ1) is 11.4. The first-order valence-corrected chi connectivity index (χ1v) is 4.29. The largest absolute Gasteiger partial charge is 0.469 e. The Bertz CT molecular complexity index is 143. The first-order valence-electron chi connectivity index (χ1n) is 4.29. The minimum atomic E-state index is -0.139. The van der Waals surface area contributed by atoms with E-state index in [-0.39, 0.29) is 11.4 Å². The number of methoxy groups -OCH3 is 1. The summed E-state index contributed by atoms with van der Waals surface area (Å²) in [7, 11) is 1.41. The summed E-state index contributed by atoms with van der Waals surface area (Å²) in [6.07, 6.45) is 2.28. The first-order chi connectivity index (χ1) is 5.52. The van der Waals surface area contributed by atoms with E-state index in [1.807, 2.05) is 0 Å². The maximum Gasteiger partial charge on any atom is 0.305 e. The van der Waals surface area contributed by atoms with Crippen molar-refractivity contribution >= 4 is 5.97 Å². The van der Waals surface area contributed by atoms with Crippen LogP contribution in [0.1, 0.15) is 33.1 Å². The Morgan fingerprint density at radius 3 is 2.42 bits per heavy atom. The Labute approximate surface area is 74.3 Å². The van der Waals surface area contributed by atoms with Gasteiger partial charge in [-0.25, -0.2) is 0 Å². The predicted molar refractivity (Wildman–Crippen MR) is 48.7 cm³/mol. The second-order valence-electron chi connectivity index (χ2n) is 3.78. The van der Waals surface area contributed by atoms with Crippen LogP contribution in [0.3, 0.4) is 0 Å². The van der Waals surface area contributed by atoms with E-state index in [0.29, 0.717) is 13.0 Å². The van der Waals surface area contributed by atoms with Crippen LogP contribution in [0.15, 0.2) is 0 Å². The van der Waals surface area contributed by atoms with Crippen molar-refractivity contribution in [1.82, 2.24) is 0 Å². The maximum atomic E-state index is 10.8. The lowest BCUT2D eigenvalue weighted by Crippen LogP contribution is -2.18. The zero-order valence-electron chi connectivity index (χ0n) is 8.22. The molecule has 0 aliphatic heterocycles. The van der Waals surface area contributed by atoms with Gasteiger partial charge in [0.1, 0.15) is 0 Å². The molecule has 0 unspecified atom stereocenters. The van der Waals surface area contributed by atoms with Crippen LogP contribution in [-0.2, 0) is 9.53 Å². The fourth-order valence-corrected chi connectivity index (χ4v) is 1.06. The summed E-state index contributed by atoms with van der Waals surface area (Å²) in [5.74, 6) is -0.139. The highest BCUT2D eigenvalue weighted by Gasteiger charge is 2.18. The lowest BCUT2D eigenvalue weighted by atomic mass is 9.84. The fraction of sp³-hybridized carbons (Fsp3) is 0.889. The Morgan fingerprint density at radius 1 is 1.42 bits per heavy atom. The molecule has 0 aromatic heterocycles. The molecular formula is C9H19NO2. The molecule has 0 aromatic rings. The standard InChI is InChI=1S/C9H19NO2/c1-9(2,6-7-10)5-4-8(11)12-3/h4-7,10H2,1-3H3. The lowest BCUT2D eigenvalue weighted by Gasteiger charge is -2.22. The molecule has 0 aliphatic carbocycles. The minimum Gasteiger partial charge on any atom is -0.469 e. The van der Waals surface area contributed by atoms with Crippen molar-refractivity contribution in [3.05, 3.63) is 0 Å². The highest BCUT2D eigenvalue weighted by molar-refractivity contribution is 5.69. The average Bonchev–Trinajstić information content (AvgIpc) is 2.00. The van der Waals surface area contributed by atoms with Crippen LogP contribution in [0, 0.1) is 5.41 Å². The number of ether oxygens (including phenoxy) is 1. The van der Waals surface area contributed by atoms with Crippen LogP contribution in [0.5, 0.6) is 0 Å². The Kier molecular flexibility index (Phi) is 4.90. The Morgan fingerprint density at radius 2 is 2.00 bits per heavy atom. The number of nitrogens with two attached hydrogens (primary N) is 1. The van der Waals surface area contributed by atoms with Gasteiger partial charge in [0.15, 0.2) is 0 Å². The molecule has 3 heteroatoms. The zero-order chi connectivity index (χ0) is 9.61. The van der Waals surface area contributed by atoms with Crippen molar-refractivity contribution in [1.29, 1.82) is 0 Å². The summed E-state index contributed by atoms with van der Waals surface area (Å²) in [5.41, 5.74) is 5.59. The number of esters is 1. The van der Waals surface area contributed by atoms with Crippen LogP contribution in [0.25, 0.3) is 0 Å². The summed E-state index contributed by atoms with van der Waals surface area (Å²) in [6.45, 7) is 4.90. The van der Waals surface area contributed by atoms with E-state index in [1.54, 1.807) is 0 Å². The van der Waals surface area contributed by atoms with Crippen LogP contribution in [0.4, 0.5) is 0 Å². The van der Waals surface area contributed by atoms with Gasteiger partial charge in [-0.15, -0.1) is 0 Å². The van der Waals surface area contributed by atoms with E-state index in [0.717, 1.165) is 12.8 Å². The molecule has 0 spiro atoms. The summed E-state index contributed by atoms with van der Waals surface area (Å²) in [6, 6.07) is 0. The fourth-order valence-electron chi connectivity index (χ4n) is 1.06. The van der Waals surface area contributed by atoms with Crippen LogP contribution < -0.4 is 5.73 Å². The highest BCUT2D eigenvalue weighted by Crippen LogP contribution is 2.25. The van der Waals surface area contributed by atoms with Gasteiger partial charge in [-0.3, -0.25) is 4.79 Å². The molecule has 2 N–H and O–H groups in total. The van der Waals surface area contributed by atoms with Crippen molar-refractivity contribution in [3.8, 4) is 0 Å². The van der Waals surface area contributed by atoms with Gasteiger partial charge in [-0.05, 0) is 24.8 Å². The number of hydrogen-bond donors (Lipinski definition) is 1. The number of carbonyl (C=O) groups is 1. The SMILES string of the molecule is COC(=O)CCC(C)(C)CCN. The molecule has 12 heavy (non-hydrogen) atoms. The van der Waals surface area contributed by atoms with Crippen molar-refractivity contribution < 1.29 is 9.53 Å². The third kappa shape index (κ3) is 5.13. The smallest absolute Gasteiger partial charge is 0.305 e. The Hall–Kier alpha value is -0.570. The minimum absolute atomic E-state index is 0.139. The van der Waals surface area contributed by atoms with E-state index >= 15 is 0 Å². The molecule has 0 aromatic carbocycles. The molecule has 3 nitrogen and oxygen atoms in total. The summed E-state index contributed by atoms with van der Waals surface area (Å²) in [4.78, 5) is 10.8. The second kappa shape index (κ2) is 5.14. The molecule has 0 bridgehead atoms. The third-order valence-electron chi connectivity index (χ3n) is 2.05. The van der Waals surface area contributed by atoms with Crippen LogP contribution in [0.2, 0.25) is 0 Å². The van der Waals surface area contributed by atoms with Gasteiger partial charge in [-0.2, -0.15) is 0 Å². The highest BCUT2D eigenvalue weighted by atomic mass is 16.5. The number of carbonyl (C=O) groups excluding carboxylic acids is 1. The molecule has 0 amide bonds. The van der Waals surface area contributed by atoms with Gasteiger partial charge in [0.05, 0.1) is 7.11 Å². The zero-order valence-corrected chi connectivity index (χ0v) is 8.22. The Balaban J connectivity index is 3.67. The quantitative estimate of drug-likeness (QED) is 0.638. The van der Waals surface area contributed by atoms with Crippen molar-refractivity contribution in [2.45, 2.75) is 33.1 Å². The van der Waals surface area contributed by atoms with E-state index in [4.69, 9.17) is 5.73 Å². The molecule has 0 radical (unpaired) electrons. The summed E-state index contributed by atoms with van der Waals surface area (Å²) >= 11 is 0. The molecule has 0 fully saturated rings. The van der Waals surface area contributed by atoms with Gasteiger partial charge < -0.3 is 10.5 Å². The van der Waals surface area contributed by atoms with E-state index in [9.17, 15) is 4.79 Å². The molecule has 0 aliphatic rings. The van der Waals surface area contributed by atoms with Crippen LogP contribution >= 0.6 is 0 Å². The molecular weight excluding hydrogens is 154 g/mol. The van der Waals surface area contributed by atoms with Crippen LogP contribution in [-0.4, -0.2) is 19.6 Å². The van der Waals surface area contributed by atoms with Gasteiger partial charge in [0, 0.05) is 6.42 Å². The van der Waals surface area contributed by atoms with Gasteiger partial charge in [-0.1, -0.05) is 13.8 Å². The van der Waals surface area contributed by atoms with Gasteiger partial charge >= 0.3 is 5.97 Å². The maximum absolute atomic E-state index is 10.8. The van der Waals surface area contributed by atoms with Crippen molar-refractivity contribution in [2.24, 2.45) is 11.1 Å². The lowest BCUT2D eigenvalue weighted by molar-refractivity contribution is -0.141. The van der Waals surface area contributed by atoms with E-state index < -0.39 is 0 Å². The number of rotatable bonds is 5. The van der Waals surface area contributed by atoms with Crippen molar-refractivity contribution in [3.63, 3.8) is 0 Å². The molecule has 72 valence electrons. The molecule has 0 heterocycles. The van der Waals surface area contributed by atoms with Gasteiger partial charge in [0.25, 0.3) is 0 Å². The van der Waals surface area contributed by atoms with E-state index in [2.05, 4.69) is 18.6 Å². The third-order valence-corrected chi connectivity index (χ3v) is 2.05. The molecule has 0 atom stereocenters.